The predicted octanol–water partition coefficient (Wildman–Crippen LogP) is 2.10. The van der Waals surface area contributed by atoms with Crippen LogP contribution in [0.1, 0.15) is 31.7 Å². The molecule has 0 bridgehead atoms. The van der Waals surface area contributed by atoms with Crippen LogP contribution in [0, 0.1) is 0 Å². The Kier molecular flexibility index (Phi) is 5.05. The van der Waals surface area contributed by atoms with E-state index in [1.807, 2.05) is 25.1 Å². The fourth-order valence-corrected chi connectivity index (χ4v) is 1.80. The van der Waals surface area contributed by atoms with Gasteiger partial charge in [0.05, 0.1) is 13.2 Å². The number of benzene rings is 1. The Morgan fingerprint density at radius 2 is 2.16 bits per heavy atom. The van der Waals surface area contributed by atoms with Gasteiger partial charge in [0.2, 0.25) is 0 Å². The van der Waals surface area contributed by atoms with Crippen LogP contribution in [-0.4, -0.2) is 31.0 Å². The van der Waals surface area contributed by atoms with Crippen LogP contribution in [0.15, 0.2) is 18.2 Å². The van der Waals surface area contributed by atoms with E-state index in [0.717, 1.165) is 6.54 Å². The van der Waals surface area contributed by atoms with E-state index in [2.05, 4.69) is 5.32 Å². The maximum Gasteiger partial charge on any atom is 0.161 e. The summed E-state index contributed by atoms with van der Waals surface area (Å²) in [5.41, 5.74) is 1.17. The second-order valence-electron chi connectivity index (χ2n) is 5.01. The molecule has 0 amide bonds. The van der Waals surface area contributed by atoms with Gasteiger partial charge >= 0.3 is 0 Å². The zero-order chi connectivity index (χ0) is 13.7. The Hall–Kier alpha value is -1.26. The van der Waals surface area contributed by atoms with Crippen molar-refractivity contribution in [1.29, 1.82) is 0 Å². The van der Waals surface area contributed by atoms with Gasteiger partial charge in [-0.15, -0.1) is 0 Å². The summed E-state index contributed by atoms with van der Waals surface area (Å²) >= 11 is 0. The van der Waals surface area contributed by atoms with Crippen molar-refractivity contribution in [2.45, 2.75) is 44.9 Å². The Morgan fingerprint density at radius 1 is 1.37 bits per heavy atom. The molecule has 1 saturated carbocycles. The first-order valence-corrected chi connectivity index (χ1v) is 6.94. The normalized spacial score (nSPS) is 16.2. The monoisotopic (exact) mass is 265 g/mol. The highest BCUT2D eigenvalue weighted by Crippen LogP contribution is 2.29. The van der Waals surface area contributed by atoms with Gasteiger partial charge in [-0.1, -0.05) is 13.0 Å². The first-order chi connectivity index (χ1) is 9.22. The predicted molar refractivity (Wildman–Crippen MR) is 74.6 cm³/mol. The number of aliphatic hydroxyl groups excluding tert-OH is 1. The third-order valence-electron chi connectivity index (χ3n) is 3.30. The number of hydrogen-bond donors (Lipinski definition) is 2. The third kappa shape index (κ3) is 4.40. The van der Waals surface area contributed by atoms with E-state index < -0.39 is 6.10 Å². The minimum Gasteiger partial charge on any atom is -0.493 e. The summed E-state index contributed by atoms with van der Waals surface area (Å²) in [5.74, 6) is 1.41. The van der Waals surface area contributed by atoms with Crippen LogP contribution in [0.25, 0.3) is 0 Å². The highest BCUT2D eigenvalue weighted by Gasteiger charge is 2.20. The molecule has 2 N–H and O–H groups in total. The number of rotatable bonds is 8. The fraction of sp³-hybridized carbons (Fsp3) is 0.600. The van der Waals surface area contributed by atoms with Gasteiger partial charge in [0.15, 0.2) is 11.5 Å². The van der Waals surface area contributed by atoms with Gasteiger partial charge in [0.1, 0.15) is 6.61 Å². The average Bonchev–Trinajstić information content (AvgIpc) is 3.26. The van der Waals surface area contributed by atoms with E-state index in [4.69, 9.17) is 9.47 Å². The van der Waals surface area contributed by atoms with Crippen LogP contribution in [-0.2, 0) is 6.54 Å². The molecule has 0 spiro atoms. The van der Waals surface area contributed by atoms with E-state index in [1.165, 1.54) is 18.4 Å². The lowest BCUT2D eigenvalue weighted by Gasteiger charge is -2.14. The zero-order valence-corrected chi connectivity index (χ0v) is 11.7. The van der Waals surface area contributed by atoms with Gasteiger partial charge in [0, 0.05) is 12.6 Å². The van der Waals surface area contributed by atoms with Crippen LogP contribution >= 0.6 is 0 Å². The molecule has 0 aliphatic heterocycles. The molecular weight excluding hydrogens is 242 g/mol. The minimum absolute atomic E-state index is 0.298. The van der Waals surface area contributed by atoms with Crippen molar-refractivity contribution < 1.29 is 14.6 Å². The summed E-state index contributed by atoms with van der Waals surface area (Å²) in [4.78, 5) is 0. The lowest BCUT2D eigenvalue weighted by Crippen LogP contribution is -2.17. The molecule has 0 heterocycles. The number of methoxy groups -OCH3 is 1. The van der Waals surface area contributed by atoms with E-state index >= 15 is 0 Å². The topological polar surface area (TPSA) is 50.7 Å². The Balaban J connectivity index is 1.97. The fourth-order valence-electron chi connectivity index (χ4n) is 1.80. The third-order valence-corrected chi connectivity index (χ3v) is 3.30. The van der Waals surface area contributed by atoms with Crippen LogP contribution in [0.3, 0.4) is 0 Å². The van der Waals surface area contributed by atoms with Crippen molar-refractivity contribution >= 4 is 0 Å². The van der Waals surface area contributed by atoms with Gasteiger partial charge in [-0.25, -0.2) is 0 Å². The summed E-state index contributed by atoms with van der Waals surface area (Å²) in [6, 6.07) is 6.62. The molecule has 0 saturated heterocycles. The van der Waals surface area contributed by atoms with E-state index in [0.29, 0.717) is 30.6 Å². The maximum absolute atomic E-state index is 9.56. The molecule has 1 aromatic rings. The summed E-state index contributed by atoms with van der Waals surface area (Å²) in [5, 5.41) is 13.0. The van der Waals surface area contributed by atoms with Crippen molar-refractivity contribution in [3.63, 3.8) is 0 Å². The molecule has 1 fully saturated rings. The molecule has 1 unspecified atom stereocenters. The zero-order valence-electron chi connectivity index (χ0n) is 11.7. The first-order valence-electron chi connectivity index (χ1n) is 6.94. The van der Waals surface area contributed by atoms with Gasteiger partial charge < -0.3 is 19.9 Å². The van der Waals surface area contributed by atoms with Crippen molar-refractivity contribution in [2.24, 2.45) is 0 Å². The maximum atomic E-state index is 9.56. The Bertz CT molecular complexity index is 404. The SMILES string of the molecule is CCC(O)COc1cc(CNC2CC2)ccc1OC. The highest BCUT2D eigenvalue weighted by atomic mass is 16.5. The number of aliphatic hydroxyl groups is 1. The van der Waals surface area contributed by atoms with Gasteiger partial charge in [-0.05, 0) is 37.0 Å². The smallest absolute Gasteiger partial charge is 0.161 e. The van der Waals surface area contributed by atoms with Gasteiger partial charge in [0.25, 0.3) is 0 Å². The molecule has 4 heteroatoms. The molecule has 4 nitrogen and oxygen atoms in total. The average molecular weight is 265 g/mol. The van der Waals surface area contributed by atoms with Gasteiger partial charge in [-0.2, -0.15) is 0 Å². The number of ether oxygens (including phenoxy) is 2. The molecule has 19 heavy (non-hydrogen) atoms. The van der Waals surface area contributed by atoms with Crippen LogP contribution in [0.5, 0.6) is 11.5 Å². The van der Waals surface area contributed by atoms with E-state index in [9.17, 15) is 5.11 Å². The Morgan fingerprint density at radius 3 is 2.79 bits per heavy atom. The molecule has 0 radical (unpaired) electrons. The Labute approximate surface area is 114 Å². The molecule has 1 aromatic carbocycles. The highest BCUT2D eigenvalue weighted by molar-refractivity contribution is 5.43. The van der Waals surface area contributed by atoms with E-state index in [-0.39, 0.29) is 0 Å². The largest absolute Gasteiger partial charge is 0.493 e. The lowest BCUT2D eigenvalue weighted by atomic mass is 10.2. The molecular formula is C15H23NO3. The summed E-state index contributed by atoms with van der Waals surface area (Å²) < 4.78 is 10.9. The van der Waals surface area contributed by atoms with Crippen molar-refractivity contribution in [1.82, 2.24) is 5.32 Å². The van der Waals surface area contributed by atoms with E-state index in [1.54, 1.807) is 7.11 Å². The number of nitrogens with one attached hydrogen (secondary N) is 1. The van der Waals surface area contributed by atoms with Crippen molar-refractivity contribution in [3.8, 4) is 11.5 Å². The quantitative estimate of drug-likeness (QED) is 0.756. The van der Waals surface area contributed by atoms with Crippen LogP contribution in [0.4, 0.5) is 0 Å². The van der Waals surface area contributed by atoms with Gasteiger partial charge in [-0.3, -0.25) is 0 Å². The molecule has 106 valence electrons. The van der Waals surface area contributed by atoms with Crippen molar-refractivity contribution in [2.75, 3.05) is 13.7 Å². The number of hydrogen-bond acceptors (Lipinski definition) is 4. The molecule has 1 aliphatic rings. The standard InChI is InChI=1S/C15H23NO3/c1-3-13(17)10-19-15-8-11(4-7-14(15)18-2)9-16-12-5-6-12/h4,7-8,12-13,16-17H,3,5-6,9-10H2,1-2H3. The summed E-state index contributed by atoms with van der Waals surface area (Å²) in [7, 11) is 1.63. The van der Waals surface area contributed by atoms with Crippen molar-refractivity contribution in [3.05, 3.63) is 23.8 Å². The summed E-state index contributed by atoms with van der Waals surface area (Å²) in [6.07, 6.45) is 2.81. The minimum atomic E-state index is -0.432. The molecule has 0 aromatic heterocycles. The van der Waals surface area contributed by atoms with Crippen LogP contribution in [0.2, 0.25) is 0 Å². The summed E-state index contributed by atoms with van der Waals surface area (Å²) in [6.45, 7) is 3.08. The first kappa shape index (κ1) is 14.2. The second kappa shape index (κ2) is 6.78. The molecule has 1 aliphatic carbocycles. The second-order valence-corrected chi connectivity index (χ2v) is 5.01. The molecule has 1 atom stereocenters. The lowest BCUT2D eigenvalue weighted by molar-refractivity contribution is 0.102. The van der Waals surface area contributed by atoms with Crippen LogP contribution < -0.4 is 14.8 Å². The molecule has 2 rings (SSSR count).